The number of ether oxygens (including phenoxy) is 2. The second kappa shape index (κ2) is 6.50. The van der Waals surface area contributed by atoms with Crippen molar-refractivity contribution in [3.05, 3.63) is 46.5 Å². The van der Waals surface area contributed by atoms with Crippen LogP contribution in [-0.4, -0.2) is 41.6 Å². The lowest BCUT2D eigenvalue weighted by Gasteiger charge is -2.27. The third-order valence-corrected chi connectivity index (χ3v) is 6.20. The quantitative estimate of drug-likeness (QED) is 0.542. The summed E-state index contributed by atoms with van der Waals surface area (Å²) in [5.74, 6) is -1.37. The van der Waals surface area contributed by atoms with Gasteiger partial charge in [0.1, 0.15) is 11.5 Å². The Labute approximate surface area is 161 Å². The molecule has 0 aliphatic carbocycles. The van der Waals surface area contributed by atoms with Crippen LogP contribution in [0.3, 0.4) is 0 Å². The highest BCUT2D eigenvalue weighted by atomic mass is 79.9. The number of carbonyl (C=O) groups excluding carboxylic acids is 2. The Morgan fingerprint density at radius 1 is 1.42 bits per heavy atom. The molecule has 1 amide bonds. The number of fused-ring (bicyclic) bond motifs is 1. The SMILES string of the molecule is CCCOC(=O)[C@@H]1[C@H]2C(=O)N([C@@H](C)c3ccc(Br)cc3)C[C@]23C=C[C@H]1O3. The van der Waals surface area contributed by atoms with Crippen LogP contribution >= 0.6 is 15.9 Å². The van der Waals surface area contributed by atoms with Gasteiger partial charge in [-0.2, -0.15) is 0 Å². The fourth-order valence-electron chi connectivity index (χ4n) is 4.35. The van der Waals surface area contributed by atoms with Crippen LogP contribution in [-0.2, 0) is 19.1 Å². The molecular weight excluding hydrogens is 398 g/mol. The first-order valence-electron chi connectivity index (χ1n) is 9.06. The average Bonchev–Trinajstić information content (AvgIpc) is 3.28. The molecule has 2 fully saturated rings. The number of carbonyl (C=O) groups is 2. The van der Waals surface area contributed by atoms with Crippen molar-refractivity contribution in [1.82, 2.24) is 4.90 Å². The lowest BCUT2D eigenvalue weighted by Crippen LogP contribution is -2.40. The van der Waals surface area contributed by atoms with Crippen LogP contribution in [0, 0.1) is 11.8 Å². The molecule has 5 atom stereocenters. The van der Waals surface area contributed by atoms with Crippen LogP contribution < -0.4 is 0 Å². The molecule has 5 nitrogen and oxygen atoms in total. The van der Waals surface area contributed by atoms with Crippen LogP contribution in [0.4, 0.5) is 0 Å². The summed E-state index contributed by atoms with van der Waals surface area (Å²) in [5.41, 5.74) is 0.364. The number of halogens is 1. The summed E-state index contributed by atoms with van der Waals surface area (Å²) in [6, 6.07) is 7.87. The number of nitrogens with zero attached hydrogens (tertiary/aromatic N) is 1. The predicted molar refractivity (Wildman–Crippen MR) is 99.2 cm³/mol. The van der Waals surface area contributed by atoms with Crippen molar-refractivity contribution >= 4 is 27.8 Å². The summed E-state index contributed by atoms with van der Waals surface area (Å²) in [7, 11) is 0. The van der Waals surface area contributed by atoms with Gasteiger partial charge in [0, 0.05) is 4.47 Å². The smallest absolute Gasteiger partial charge is 0.312 e. The van der Waals surface area contributed by atoms with Crippen LogP contribution in [0.5, 0.6) is 0 Å². The zero-order valence-electron chi connectivity index (χ0n) is 14.9. The summed E-state index contributed by atoms with van der Waals surface area (Å²) in [5, 5.41) is 0. The van der Waals surface area contributed by atoms with E-state index in [9.17, 15) is 9.59 Å². The number of rotatable bonds is 5. The lowest BCUT2D eigenvalue weighted by molar-refractivity contribution is -0.154. The molecule has 1 aromatic rings. The van der Waals surface area contributed by atoms with Gasteiger partial charge in [0.05, 0.1) is 31.2 Å². The third kappa shape index (κ3) is 2.62. The maximum absolute atomic E-state index is 13.2. The topological polar surface area (TPSA) is 55.8 Å². The minimum absolute atomic E-state index is 0.0225. The van der Waals surface area contributed by atoms with Crippen molar-refractivity contribution in [3.8, 4) is 0 Å². The maximum Gasteiger partial charge on any atom is 0.312 e. The molecule has 2 saturated heterocycles. The summed E-state index contributed by atoms with van der Waals surface area (Å²) < 4.78 is 12.5. The van der Waals surface area contributed by atoms with E-state index in [1.165, 1.54) is 0 Å². The van der Waals surface area contributed by atoms with Crippen LogP contribution in [0.2, 0.25) is 0 Å². The normalized spacial score (nSPS) is 32.8. The summed E-state index contributed by atoms with van der Waals surface area (Å²) >= 11 is 3.44. The van der Waals surface area contributed by atoms with Crippen LogP contribution in [0.15, 0.2) is 40.9 Å². The first-order valence-corrected chi connectivity index (χ1v) is 9.86. The Morgan fingerprint density at radius 2 is 2.15 bits per heavy atom. The highest BCUT2D eigenvalue weighted by Crippen LogP contribution is 2.53. The second-order valence-corrected chi connectivity index (χ2v) is 8.18. The number of hydrogen-bond donors (Lipinski definition) is 0. The standard InChI is InChI=1S/C20H22BrNO4/c1-3-10-25-19(24)16-15-8-9-20(26-15)11-22(18(23)17(16)20)12(2)13-4-6-14(21)7-5-13/h4-9,12,15-17H,3,10-11H2,1-2H3/t12-,15+,16-,17-,20+/m0/s1. The Balaban J connectivity index is 1.59. The lowest BCUT2D eigenvalue weighted by atomic mass is 9.77. The Bertz CT molecular complexity index is 762. The summed E-state index contributed by atoms with van der Waals surface area (Å²) in [4.78, 5) is 27.6. The van der Waals surface area contributed by atoms with E-state index >= 15 is 0 Å². The molecule has 3 aliphatic heterocycles. The average molecular weight is 420 g/mol. The Morgan fingerprint density at radius 3 is 2.85 bits per heavy atom. The van der Waals surface area contributed by atoms with Crippen molar-refractivity contribution in [1.29, 1.82) is 0 Å². The summed E-state index contributed by atoms with van der Waals surface area (Å²) in [6.45, 7) is 4.81. The number of hydrogen-bond acceptors (Lipinski definition) is 4. The van der Waals surface area contributed by atoms with Crippen LogP contribution in [0.1, 0.15) is 31.9 Å². The van der Waals surface area contributed by atoms with Gasteiger partial charge in [-0.25, -0.2) is 0 Å². The van der Waals surface area contributed by atoms with E-state index in [-0.39, 0.29) is 24.0 Å². The fraction of sp³-hybridized carbons (Fsp3) is 0.500. The Kier molecular flexibility index (Phi) is 4.43. The van der Waals surface area contributed by atoms with Gasteiger partial charge in [-0.15, -0.1) is 0 Å². The van der Waals surface area contributed by atoms with Gasteiger partial charge in [-0.1, -0.05) is 47.1 Å². The zero-order chi connectivity index (χ0) is 18.5. The largest absolute Gasteiger partial charge is 0.465 e. The van der Waals surface area contributed by atoms with E-state index in [1.54, 1.807) is 0 Å². The van der Waals surface area contributed by atoms with Gasteiger partial charge in [0.2, 0.25) is 5.91 Å². The van der Waals surface area contributed by atoms with Gasteiger partial charge < -0.3 is 14.4 Å². The molecule has 1 spiro atoms. The van der Waals surface area contributed by atoms with E-state index in [2.05, 4.69) is 15.9 Å². The minimum Gasteiger partial charge on any atom is -0.465 e. The highest BCUT2D eigenvalue weighted by Gasteiger charge is 2.67. The van der Waals surface area contributed by atoms with Gasteiger partial charge in [0.25, 0.3) is 0 Å². The van der Waals surface area contributed by atoms with E-state index in [4.69, 9.17) is 9.47 Å². The number of esters is 1. The van der Waals surface area contributed by atoms with Crippen molar-refractivity contribution in [3.63, 3.8) is 0 Å². The first kappa shape index (κ1) is 17.7. The van der Waals surface area contributed by atoms with Crippen LogP contribution in [0.25, 0.3) is 0 Å². The molecule has 0 saturated carbocycles. The second-order valence-electron chi connectivity index (χ2n) is 7.26. The molecule has 3 aliphatic rings. The predicted octanol–water partition coefficient (Wildman–Crippen LogP) is 3.25. The third-order valence-electron chi connectivity index (χ3n) is 5.67. The molecule has 2 bridgehead atoms. The maximum atomic E-state index is 13.2. The molecule has 3 heterocycles. The summed E-state index contributed by atoms with van der Waals surface area (Å²) in [6.07, 6.45) is 4.29. The molecular formula is C20H22BrNO4. The van der Waals surface area contributed by atoms with E-state index in [0.29, 0.717) is 13.2 Å². The van der Waals surface area contributed by atoms with Crippen molar-refractivity contribution < 1.29 is 19.1 Å². The van der Waals surface area contributed by atoms with Crippen molar-refractivity contribution in [2.45, 2.75) is 38.0 Å². The minimum atomic E-state index is -0.693. The van der Waals surface area contributed by atoms with Crippen molar-refractivity contribution in [2.75, 3.05) is 13.2 Å². The van der Waals surface area contributed by atoms with Gasteiger partial charge in [-0.05, 0) is 31.0 Å². The van der Waals surface area contributed by atoms with Gasteiger partial charge in [-0.3, -0.25) is 9.59 Å². The first-order chi connectivity index (χ1) is 12.5. The van der Waals surface area contributed by atoms with E-state index in [1.807, 2.05) is 55.2 Å². The van der Waals surface area contributed by atoms with Gasteiger partial charge >= 0.3 is 5.97 Å². The zero-order valence-corrected chi connectivity index (χ0v) is 16.4. The molecule has 0 aromatic heterocycles. The molecule has 4 rings (SSSR count). The number of amides is 1. The van der Waals surface area contributed by atoms with E-state index < -0.39 is 17.4 Å². The molecule has 6 heteroatoms. The fourth-order valence-corrected chi connectivity index (χ4v) is 4.61. The number of likely N-dealkylation sites (tertiary alicyclic amines) is 1. The number of benzene rings is 1. The molecule has 0 N–H and O–H groups in total. The van der Waals surface area contributed by atoms with Crippen molar-refractivity contribution in [2.24, 2.45) is 11.8 Å². The monoisotopic (exact) mass is 419 g/mol. The molecule has 0 unspecified atom stereocenters. The van der Waals surface area contributed by atoms with E-state index in [0.717, 1.165) is 16.5 Å². The molecule has 26 heavy (non-hydrogen) atoms. The Hall–Kier alpha value is -1.66. The highest BCUT2D eigenvalue weighted by molar-refractivity contribution is 9.10. The molecule has 1 aromatic carbocycles. The molecule has 138 valence electrons. The van der Waals surface area contributed by atoms with Gasteiger partial charge in [0.15, 0.2) is 0 Å². The molecule has 0 radical (unpaired) electrons.